The Morgan fingerprint density at radius 2 is 0.946 bits per heavy atom. The molecule has 31 heteroatoms. The highest BCUT2D eigenvalue weighted by atomic mass is 32.1. The van der Waals surface area contributed by atoms with Gasteiger partial charge in [0.2, 0.25) is 0 Å². The second kappa shape index (κ2) is 23.6. The first-order valence-electron chi connectivity index (χ1n) is 22.7. The molecule has 8 rings (SSSR count). The van der Waals surface area contributed by atoms with Crippen molar-refractivity contribution in [2.75, 3.05) is 26.4 Å². The van der Waals surface area contributed by atoms with Crippen LogP contribution in [0.5, 0.6) is 6.01 Å². The molecule has 4 aromatic heterocycles. The standard InChI is InChI=1S/C12H17FN2O5.C11H16N2O5.C10H13FN2O4S.C10H14N2O6/c1-3-19-11-14-8(17)4-5-15(11)10-12(2,13)9(18)7(6-16)20-10;1-3-6-8(15)11(2,17)9(18-6)13-5-4-7(14)12-10(13)16;1-10(11)7(16)5(4-14)17-8(10)13-3-2-6(15)12-9(13)18;1-10(17)7(15)5(4-13)18-8(10)12-3-2-6(14)11-9(12)16/h4-5,7,9-10,16,18H,3,6H2,1-2H3;4-6,8-9,15,17H,3H2,1-2H3,(H,12,14,16);2-3,5,7-8,14,16H,4H2,1H3,(H,12,15,18);2-3,5,7-8,13,15,17H,4H2,1H3,(H,11,14,16)/t7-,9+,10-,12?;6-,8+,9-,11?;2*5-,7+,8-,10?/m1111/s1. The monoisotopic (exact) mass is 1080 g/mol. The minimum atomic E-state index is -2.16. The predicted molar refractivity (Wildman–Crippen MR) is 250 cm³/mol. The summed E-state index contributed by atoms with van der Waals surface area (Å²) in [7, 11) is 0. The number of aromatic nitrogens is 8. The highest BCUT2D eigenvalue weighted by Crippen LogP contribution is 2.43. The average molecular weight is 1080 g/mol. The fourth-order valence-corrected chi connectivity index (χ4v) is 8.59. The zero-order valence-electron chi connectivity index (χ0n) is 40.5. The van der Waals surface area contributed by atoms with Crippen molar-refractivity contribution in [1.82, 2.24) is 38.2 Å². The third-order valence-electron chi connectivity index (χ3n) is 12.5. The van der Waals surface area contributed by atoms with Gasteiger partial charge in [0.25, 0.3) is 22.2 Å². The first-order valence-corrected chi connectivity index (χ1v) is 23.1. The Hall–Kier alpha value is -5.52. The summed E-state index contributed by atoms with van der Waals surface area (Å²) in [6, 6.07) is 4.47. The molecule has 4 aromatic rings. The Balaban J connectivity index is 0.000000183. The Bertz CT molecular complexity index is 2740. The van der Waals surface area contributed by atoms with Gasteiger partial charge in [-0.2, -0.15) is 4.98 Å². The summed E-state index contributed by atoms with van der Waals surface area (Å²) in [5, 5.41) is 86.7. The molecule has 4 unspecified atom stereocenters. The van der Waals surface area contributed by atoms with Gasteiger partial charge in [-0.15, -0.1) is 0 Å². The molecule has 0 amide bonds. The van der Waals surface area contributed by atoms with Crippen molar-refractivity contribution < 1.29 is 78.4 Å². The molecule has 0 radical (unpaired) electrons. The molecule has 0 aromatic carbocycles. The van der Waals surface area contributed by atoms with E-state index >= 15 is 0 Å². The summed E-state index contributed by atoms with van der Waals surface area (Å²) >= 11 is 4.91. The van der Waals surface area contributed by atoms with Crippen LogP contribution in [0.2, 0.25) is 0 Å². The second-order valence-corrected chi connectivity index (χ2v) is 18.4. The van der Waals surface area contributed by atoms with E-state index in [0.717, 1.165) is 47.4 Å². The van der Waals surface area contributed by atoms with E-state index in [1.54, 1.807) is 6.92 Å². The molecule has 4 aliphatic rings. The fraction of sp³-hybridized carbons (Fsp3) is 0.628. The first-order chi connectivity index (χ1) is 34.5. The molecule has 0 aliphatic carbocycles. The maximum Gasteiger partial charge on any atom is 0.330 e. The molecule has 12 N–H and O–H groups in total. The minimum Gasteiger partial charge on any atom is -0.465 e. The lowest BCUT2D eigenvalue weighted by atomic mass is 9.95. The lowest BCUT2D eigenvalue weighted by Crippen LogP contribution is -2.46. The van der Waals surface area contributed by atoms with Crippen LogP contribution in [0, 0.1) is 4.77 Å². The molecule has 4 fully saturated rings. The first kappa shape index (κ1) is 59.4. The molecule has 28 nitrogen and oxygen atoms in total. The molecule has 412 valence electrons. The number of ether oxygens (including phenoxy) is 5. The van der Waals surface area contributed by atoms with E-state index in [1.807, 2.05) is 11.9 Å². The number of halogens is 2. The topological polar surface area (TPSA) is 411 Å². The van der Waals surface area contributed by atoms with E-state index in [4.69, 9.17) is 51.2 Å². The summed E-state index contributed by atoms with van der Waals surface area (Å²) in [5.41, 5.74) is -11.1. The van der Waals surface area contributed by atoms with Crippen LogP contribution in [0.1, 0.15) is 72.9 Å². The van der Waals surface area contributed by atoms with Gasteiger partial charge in [0.15, 0.2) is 41.0 Å². The van der Waals surface area contributed by atoms with Crippen LogP contribution in [0.3, 0.4) is 0 Å². The SMILES string of the molecule is CC1(F)[C@@H](O)[C@@H](CO)O[C@H]1n1ccc(=O)[nH]c1=S.CC1(O)[C@@H](O)[C@@H](CO)O[C@H]1n1ccc(=O)[nH]c1=O.CCOc1nc(=O)ccn1[C@@H]1O[C@H](CO)[C@H](O)C1(C)F.CC[C@H]1O[C@@H](n2ccc(=O)[nH]c2=O)C(C)(O)[C@H]1O. The number of aliphatic hydroxyl groups is 9. The Morgan fingerprint density at radius 1 is 0.581 bits per heavy atom. The number of nitrogens with one attached hydrogen (secondary N) is 3. The summed E-state index contributed by atoms with van der Waals surface area (Å²) in [6.07, 6.45) is -8.20. The van der Waals surface area contributed by atoms with Gasteiger partial charge in [-0.1, -0.05) is 6.92 Å². The normalized spacial score (nSPS) is 35.2. The van der Waals surface area contributed by atoms with E-state index in [0.29, 0.717) is 6.42 Å². The molecular weight excluding hydrogens is 1020 g/mol. The lowest BCUT2D eigenvalue weighted by Gasteiger charge is -2.27. The third kappa shape index (κ3) is 12.1. The predicted octanol–water partition coefficient (Wildman–Crippen LogP) is -4.00. The maximum atomic E-state index is 14.6. The van der Waals surface area contributed by atoms with E-state index in [2.05, 4.69) is 15.0 Å². The van der Waals surface area contributed by atoms with Crippen molar-refractivity contribution in [3.63, 3.8) is 0 Å². The molecular formula is C43H60F2N8O20S. The molecule has 0 saturated carbocycles. The Labute approximate surface area is 420 Å². The van der Waals surface area contributed by atoms with E-state index in [9.17, 15) is 68.2 Å². The van der Waals surface area contributed by atoms with Crippen LogP contribution in [-0.2, 0) is 18.9 Å². The number of rotatable bonds is 10. The molecule has 4 saturated heterocycles. The average Bonchev–Trinajstić information content (AvgIpc) is 3.90. The molecule has 4 aliphatic heterocycles. The van der Waals surface area contributed by atoms with E-state index in [1.165, 1.54) is 47.6 Å². The van der Waals surface area contributed by atoms with Crippen molar-refractivity contribution in [3.8, 4) is 6.01 Å². The van der Waals surface area contributed by atoms with Crippen molar-refractivity contribution in [1.29, 1.82) is 0 Å². The Morgan fingerprint density at radius 3 is 1.31 bits per heavy atom. The largest absolute Gasteiger partial charge is 0.465 e. The lowest BCUT2D eigenvalue weighted by molar-refractivity contribution is -0.0987. The van der Waals surface area contributed by atoms with Gasteiger partial charge in [0, 0.05) is 49.1 Å². The number of H-pyrrole nitrogens is 3. The van der Waals surface area contributed by atoms with Gasteiger partial charge in [0.1, 0.15) is 53.9 Å². The van der Waals surface area contributed by atoms with Crippen LogP contribution >= 0.6 is 12.2 Å². The zero-order chi connectivity index (χ0) is 55.4. The summed E-state index contributed by atoms with van der Waals surface area (Å²) in [5.74, 6) is 0. The molecule has 0 bridgehead atoms. The zero-order valence-corrected chi connectivity index (χ0v) is 41.3. The smallest absolute Gasteiger partial charge is 0.330 e. The van der Waals surface area contributed by atoms with Gasteiger partial charge >= 0.3 is 17.4 Å². The van der Waals surface area contributed by atoms with Crippen molar-refractivity contribution in [2.24, 2.45) is 0 Å². The van der Waals surface area contributed by atoms with Crippen molar-refractivity contribution in [2.45, 2.75) is 144 Å². The van der Waals surface area contributed by atoms with Gasteiger partial charge in [-0.25, -0.2) is 18.4 Å². The van der Waals surface area contributed by atoms with Crippen LogP contribution in [0.15, 0.2) is 77.8 Å². The molecule has 0 spiro atoms. The van der Waals surface area contributed by atoms with E-state index < -0.39 is 150 Å². The van der Waals surface area contributed by atoms with Crippen molar-refractivity contribution in [3.05, 3.63) is 116 Å². The number of aromatic amines is 3. The minimum absolute atomic E-state index is 0.0119. The van der Waals surface area contributed by atoms with Crippen LogP contribution < -0.4 is 38.4 Å². The van der Waals surface area contributed by atoms with Gasteiger partial charge in [-0.05, 0) is 53.3 Å². The van der Waals surface area contributed by atoms with Crippen molar-refractivity contribution >= 4 is 12.2 Å². The quantitative estimate of drug-likeness (QED) is 0.0674. The second-order valence-electron chi connectivity index (χ2n) is 18.0. The Kier molecular flexibility index (Phi) is 18.9. The summed E-state index contributed by atoms with van der Waals surface area (Å²) in [6.45, 7) is 7.22. The molecule has 74 heavy (non-hydrogen) atoms. The molecule has 16 atom stereocenters. The summed E-state index contributed by atoms with van der Waals surface area (Å²) < 4.78 is 60.0. The number of hydrogen-bond donors (Lipinski definition) is 12. The van der Waals surface area contributed by atoms with Crippen LogP contribution in [0.4, 0.5) is 8.78 Å². The van der Waals surface area contributed by atoms with Gasteiger partial charge in [0.05, 0.1) is 32.5 Å². The van der Waals surface area contributed by atoms with Gasteiger partial charge < -0.3 is 69.6 Å². The molecule has 8 heterocycles. The maximum absolute atomic E-state index is 14.6. The number of alkyl halides is 2. The van der Waals surface area contributed by atoms with E-state index in [-0.39, 0.29) is 17.4 Å². The highest BCUT2D eigenvalue weighted by molar-refractivity contribution is 7.71. The third-order valence-corrected chi connectivity index (χ3v) is 12.8. The summed E-state index contributed by atoms with van der Waals surface area (Å²) in [4.78, 5) is 77.5. The highest BCUT2D eigenvalue weighted by Gasteiger charge is 2.57. The van der Waals surface area contributed by atoms with Crippen LogP contribution in [-0.4, -0.2) is 182 Å². The fourth-order valence-electron chi connectivity index (χ4n) is 8.33. The van der Waals surface area contributed by atoms with Gasteiger partial charge in [-0.3, -0.25) is 52.4 Å². The number of hydrogen-bond acceptors (Lipinski definition) is 22. The number of nitrogens with zero attached hydrogens (tertiary/aromatic N) is 5. The van der Waals surface area contributed by atoms with Crippen LogP contribution in [0.25, 0.3) is 0 Å². The number of aliphatic hydroxyl groups excluding tert-OH is 7.